The molecule has 2 heterocycles. The Morgan fingerprint density at radius 1 is 1.11 bits per heavy atom. The molecule has 0 aliphatic heterocycles. The van der Waals surface area contributed by atoms with Crippen molar-refractivity contribution in [1.82, 2.24) is 9.55 Å². The minimum atomic E-state index is -5.20. The van der Waals surface area contributed by atoms with Crippen LogP contribution in [0.25, 0.3) is 44.0 Å². The topological polar surface area (TPSA) is 114 Å². The van der Waals surface area contributed by atoms with E-state index in [4.69, 9.17) is 4.74 Å². The smallest absolute Gasteiger partial charge is 0.488 e. The number of aromatic amines is 1. The van der Waals surface area contributed by atoms with E-state index in [-0.39, 0.29) is 17.1 Å². The van der Waals surface area contributed by atoms with Gasteiger partial charge in [-0.1, -0.05) is 35.9 Å². The van der Waals surface area contributed by atoms with Crippen LogP contribution in [0.4, 0.5) is 3.89 Å². The molecule has 0 saturated carbocycles. The first-order valence-electron chi connectivity index (χ1n) is 12.0. The fraction of sp³-hybridized carbons (Fsp3) is 0.214. The fourth-order valence-corrected chi connectivity index (χ4v) is 5.01. The van der Waals surface area contributed by atoms with Crippen molar-refractivity contribution in [3.05, 3.63) is 70.4 Å². The van der Waals surface area contributed by atoms with Gasteiger partial charge in [-0.2, -0.15) is 13.7 Å². The number of pyridine rings is 1. The highest BCUT2D eigenvalue weighted by Crippen LogP contribution is 2.37. The van der Waals surface area contributed by atoms with E-state index in [9.17, 15) is 22.4 Å². The number of benzene rings is 3. The van der Waals surface area contributed by atoms with Gasteiger partial charge in [-0.05, 0) is 54.8 Å². The maximum Gasteiger partial charge on any atom is 0.488 e. The molecule has 10 heteroatoms. The average Bonchev–Trinajstić information content (AvgIpc) is 3.25. The molecule has 0 radical (unpaired) electrons. The van der Waals surface area contributed by atoms with E-state index in [1.165, 1.54) is 12.1 Å². The van der Waals surface area contributed by atoms with Crippen molar-refractivity contribution in [2.75, 3.05) is 6.61 Å². The predicted octanol–water partition coefficient (Wildman–Crippen LogP) is 5.82. The number of halogens is 1. The van der Waals surface area contributed by atoms with E-state index in [2.05, 4.69) is 15.2 Å². The minimum absolute atomic E-state index is 0.183. The number of H-pyrrole nitrogens is 1. The molecule has 0 amide bonds. The Morgan fingerprint density at radius 3 is 2.58 bits per heavy atom. The molecule has 0 unspecified atom stereocenters. The average molecular weight is 534 g/mol. The molecule has 3 aromatic carbocycles. The molecule has 0 saturated heterocycles. The minimum Gasteiger partial charge on any atom is -0.493 e. The Kier molecular flexibility index (Phi) is 6.33. The predicted molar refractivity (Wildman–Crippen MR) is 144 cm³/mol. The summed E-state index contributed by atoms with van der Waals surface area (Å²) in [7, 11) is -5.20. The lowest BCUT2D eigenvalue weighted by atomic mass is 10.0. The van der Waals surface area contributed by atoms with Gasteiger partial charge in [0.05, 0.1) is 34.5 Å². The van der Waals surface area contributed by atoms with E-state index < -0.39 is 10.5 Å². The zero-order chi connectivity index (χ0) is 27.2. The zero-order valence-corrected chi connectivity index (χ0v) is 21.7. The van der Waals surface area contributed by atoms with Crippen LogP contribution in [0.2, 0.25) is 0 Å². The van der Waals surface area contributed by atoms with Gasteiger partial charge in [0.2, 0.25) is 0 Å². The number of aromatic nitrogens is 2. The van der Waals surface area contributed by atoms with Crippen LogP contribution < -0.4 is 14.3 Å². The molecule has 0 spiro atoms. The normalized spacial score (nSPS) is 11.9. The second kappa shape index (κ2) is 9.50. The standard InChI is InChI=1S/C28H24FN3O5S/c1-4-32-24-12-21(18-6-5-7-19(11-18)37-38(29,34)35)25(36-15-16(2)3)13-22(24)27(33)26-20-9-8-17(14-30)10-23(20)31-28(26)32/h5-13,16,31H,4,15H2,1-3H3. The quantitative estimate of drug-likeness (QED) is 0.264. The summed E-state index contributed by atoms with van der Waals surface area (Å²) in [5, 5.41) is 11.0. The first kappa shape index (κ1) is 25.3. The number of ether oxygens (including phenoxy) is 1. The number of nitrogens with zero attached hydrogens (tertiary/aromatic N) is 2. The summed E-state index contributed by atoms with van der Waals surface area (Å²) in [5.74, 6) is 0.437. The number of nitrogens with one attached hydrogen (secondary N) is 1. The Labute approximate surface area is 218 Å². The number of nitriles is 1. The van der Waals surface area contributed by atoms with Crippen LogP contribution in [-0.4, -0.2) is 24.6 Å². The first-order valence-corrected chi connectivity index (χ1v) is 13.3. The summed E-state index contributed by atoms with van der Waals surface area (Å²) in [6.45, 7) is 6.85. The Hall–Kier alpha value is -4.36. The molecule has 38 heavy (non-hydrogen) atoms. The number of fused-ring (bicyclic) bond motifs is 4. The van der Waals surface area contributed by atoms with Crippen LogP contribution in [0.5, 0.6) is 11.5 Å². The van der Waals surface area contributed by atoms with Gasteiger partial charge < -0.3 is 18.5 Å². The number of hydrogen-bond donors (Lipinski definition) is 1. The summed E-state index contributed by atoms with van der Waals surface area (Å²) in [6, 6.07) is 16.8. The van der Waals surface area contributed by atoms with E-state index >= 15 is 0 Å². The number of hydrogen-bond acceptors (Lipinski definition) is 6. The lowest BCUT2D eigenvalue weighted by Crippen LogP contribution is -2.12. The van der Waals surface area contributed by atoms with Crippen LogP contribution in [-0.2, 0) is 17.0 Å². The molecule has 0 atom stereocenters. The lowest BCUT2D eigenvalue weighted by molar-refractivity contribution is 0.272. The Morgan fingerprint density at radius 2 is 1.89 bits per heavy atom. The van der Waals surface area contributed by atoms with Crippen molar-refractivity contribution in [1.29, 1.82) is 5.26 Å². The second-order valence-electron chi connectivity index (χ2n) is 9.37. The van der Waals surface area contributed by atoms with Gasteiger partial charge in [0.1, 0.15) is 17.1 Å². The molecule has 1 N–H and O–H groups in total. The number of aryl methyl sites for hydroxylation is 1. The Balaban J connectivity index is 1.83. The first-order chi connectivity index (χ1) is 18.1. The van der Waals surface area contributed by atoms with Gasteiger partial charge in [-0.3, -0.25) is 4.79 Å². The molecule has 0 bridgehead atoms. The summed E-state index contributed by atoms with van der Waals surface area (Å²) in [6.07, 6.45) is 0. The largest absolute Gasteiger partial charge is 0.493 e. The van der Waals surface area contributed by atoms with Crippen molar-refractivity contribution in [3.8, 4) is 28.7 Å². The second-order valence-corrected chi connectivity index (χ2v) is 10.3. The van der Waals surface area contributed by atoms with Crippen molar-refractivity contribution in [3.63, 3.8) is 0 Å². The maximum absolute atomic E-state index is 13.9. The SMILES string of the molecule is CCn1c2cc(-c3cccc(OS(=O)(=O)F)c3)c(OCC(C)C)cc2c(=O)c2c3ccc(C#N)cc3[nH]c21. The summed E-state index contributed by atoms with van der Waals surface area (Å²) in [4.78, 5) is 17.2. The maximum atomic E-state index is 13.9. The van der Waals surface area contributed by atoms with Crippen molar-refractivity contribution >= 4 is 43.3 Å². The van der Waals surface area contributed by atoms with Crippen LogP contribution in [0.1, 0.15) is 26.3 Å². The van der Waals surface area contributed by atoms with Crippen molar-refractivity contribution in [2.24, 2.45) is 5.92 Å². The third-order valence-electron chi connectivity index (χ3n) is 6.27. The van der Waals surface area contributed by atoms with E-state index in [0.717, 1.165) is 5.39 Å². The summed E-state index contributed by atoms with van der Waals surface area (Å²) in [5.41, 5.74) is 3.35. The van der Waals surface area contributed by atoms with Crippen LogP contribution in [0.3, 0.4) is 0 Å². The van der Waals surface area contributed by atoms with Crippen molar-refractivity contribution in [2.45, 2.75) is 27.3 Å². The van der Waals surface area contributed by atoms with Gasteiger partial charge in [0.25, 0.3) is 0 Å². The Bertz CT molecular complexity index is 1930. The molecule has 0 aliphatic rings. The highest BCUT2D eigenvalue weighted by molar-refractivity contribution is 7.81. The molecule has 0 aliphatic carbocycles. The molecule has 194 valence electrons. The van der Waals surface area contributed by atoms with Gasteiger partial charge >= 0.3 is 10.5 Å². The fourth-order valence-electron chi connectivity index (χ4n) is 4.67. The van der Waals surface area contributed by atoms with Crippen LogP contribution in [0.15, 0.2) is 59.4 Å². The van der Waals surface area contributed by atoms with E-state index in [1.807, 2.05) is 31.4 Å². The molecular formula is C28H24FN3O5S. The number of rotatable bonds is 7. The lowest BCUT2D eigenvalue weighted by Gasteiger charge is -2.18. The summed E-state index contributed by atoms with van der Waals surface area (Å²) < 4.78 is 47.8. The van der Waals surface area contributed by atoms with E-state index in [1.54, 1.807) is 36.4 Å². The third-order valence-corrected chi connectivity index (χ3v) is 6.66. The van der Waals surface area contributed by atoms with Crippen LogP contribution in [0, 0.1) is 17.2 Å². The van der Waals surface area contributed by atoms with Crippen molar-refractivity contribution < 1.29 is 21.2 Å². The molecule has 5 aromatic rings. The van der Waals surface area contributed by atoms with Gasteiger partial charge in [0.15, 0.2) is 5.43 Å². The molecule has 5 rings (SSSR count). The third kappa shape index (κ3) is 4.57. The van der Waals surface area contributed by atoms with Crippen LogP contribution >= 0.6 is 0 Å². The highest BCUT2D eigenvalue weighted by atomic mass is 32.3. The molecule has 2 aromatic heterocycles. The van der Waals surface area contributed by atoms with Gasteiger partial charge in [-0.25, -0.2) is 0 Å². The molecule has 0 fully saturated rings. The summed E-state index contributed by atoms with van der Waals surface area (Å²) >= 11 is 0. The van der Waals surface area contributed by atoms with Gasteiger partial charge in [-0.15, -0.1) is 0 Å². The monoisotopic (exact) mass is 533 g/mol. The van der Waals surface area contributed by atoms with E-state index in [0.29, 0.717) is 63.0 Å². The van der Waals surface area contributed by atoms with Gasteiger partial charge in [0, 0.05) is 23.0 Å². The molecule has 8 nitrogen and oxygen atoms in total. The zero-order valence-electron chi connectivity index (χ0n) is 20.9. The highest BCUT2D eigenvalue weighted by Gasteiger charge is 2.20. The molecular weight excluding hydrogens is 509 g/mol.